The SMILES string of the molecule is CNS(=O)c1cc(B2OC(C)(C)C(C)(C)O2)ccc1OC. The van der Waals surface area contributed by atoms with Gasteiger partial charge >= 0.3 is 7.12 Å². The van der Waals surface area contributed by atoms with Crippen molar-refractivity contribution in [2.45, 2.75) is 43.8 Å². The molecule has 1 unspecified atom stereocenters. The molecule has 21 heavy (non-hydrogen) atoms. The van der Waals surface area contributed by atoms with E-state index in [2.05, 4.69) is 4.72 Å². The van der Waals surface area contributed by atoms with Crippen LogP contribution in [-0.2, 0) is 20.3 Å². The third-order valence-electron chi connectivity index (χ3n) is 4.10. The summed E-state index contributed by atoms with van der Waals surface area (Å²) in [5.41, 5.74) is 0.0212. The molecule has 1 N–H and O–H groups in total. The van der Waals surface area contributed by atoms with E-state index in [4.69, 9.17) is 14.0 Å². The number of hydrogen-bond acceptors (Lipinski definition) is 4. The molecule has 5 nitrogen and oxygen atoms in total. The lowest BCUT2D eigenvalue weighted by atomic mass is 9.79. The molecule has 0 saturated carbocycles. The molecule has 1 saturated heterocycles. The molecule has 1 aromatic carbocycles. The largest absolute Gasteiger partial charge is 0.495 e. The van der Waals surface area contributed by atoms with Gasteiger partial charge in [-0.25, -0.2) is 8.93 Å². The Morgan fingerprint density at radius 2 is 1.76 bits per heavy atom. The van der Waals surface area contributed by atoms with E-state index in [0.29, 0.717) is 10.6 Å². The summed E-state index contributed by atoms with van der Waals surface area (Å²) in [7, 11) is 1.38. The highest BCUT2D eigenvalue weighted by atomic mass is 32.2. The van der Waals surface area contributed by atoms with Gasteiger partial charge in [-0.15, -0.1) is 0 Å². The van der Waals surface area contributed by atoms with Gasteiger partial charge in [-0.05, 0) is 52.3 Å². The molecule has 116 valence electrons. The molecule has 1 atom stereocenters. The first-order valence-electron chi connectivity index (χ1n) is 6.84. The average Bonchev–Trinajstić information content (AvgIpc) is 2.66. The third-order valence-corrected chi connectivity index (χ3v) is 5.19. The molecule has 0 aromatic heterocycles. The van der Waals surface area contributed by atoms with E-state index in [9.17, 15) is 4.21 Å². The van der Waals surface area contributed by atoms with Crippen LogP contribution in [0.5, 0.6) is 5.75 Å². The first kappa shape index (κ1) is 16.5. The van der Waals surface area contributed by atoms with Crippen LogP contribution in [0.15, 0.2) is 23.1 Å². The molecule has 1 aliphatic heterocycles. The minimum absolute atomic E-state index is 0.403. The number of nitrogens with one attached hydrogen (secondary N) is 1. The second kappa shape index (κ2) is 5.72. The second-order valence-corrected chi connectivity index (χ2v) is 7.36. The van der Waals surface area contributed by atoms with Crippen molar-refractivity contribution >= 4 is 23.6 Å². The van der Waals surface area contributed by atoms with Gasteiger partial charge in [0.2, 0.25) is 0 Å². The summed E-state index contributed by atoms with van der Waals surface area (Å²) in [6.07, 6.45) is 0. The standard InChI is InChI=1S/C14H22BNO4S/c1-13(2)14(3,4)20-15(19-13)10-7-8-11(18-6)12(9-10)21(17)16-5/h7-9,16H,1-6H3. The minimum Gasteiger partial charge on any atom is -0.495 e. The molecule has 1 fully saturated rings. The zero-order valence-electron chi connectivity index (χ0n) is 13.4. The zero-order valence-corrected chi connectivity index (χ0v) is 14.2. The van der Waals surface area contributed by atoms with Gasteiger partial charge in [-0.2, -0.15) is 0 Å². The number of rotatable bonds is 4. The van der Waals surface area contributed by atoms with Gasteiger partial charge in [0.05, 0.1) is 23.2 Å². The molecule has 0 spiro atoms. The summed E-state index contributed by atoms with van der Waals surface area (Å²) in [5.74, 6) is 0.572. The zero-order chi connectivity index (χ0) is 15.8. The molecule has 0 radical (unpaired) electrons. The van der Waals surface area contributed by atoms with Crippen molar-refractivity contribution in [1.29, 1.82) is 0 Å². The number of benzene rings is 1. The average molecular weight is 311 g/mol. The van der Waals surface area contributed by atoms with Crippen molar-refractivity contribution in [1.82, 2.24) is 4.72 Å². The highest BCUT2D eigenvalue weighted by Gasteiger charge is 2.51. The van der Waals surface area contributed by atoms with E-state index in [1.54, 1.807) is 26.3 Å². The minimum atomic E-state index is -1.34. The Labute approximate surface area is 129 Å². The van der Waals surface area contributed by atoms with Crippen molar-refractivity contribution in [2.75, 3.05) is 14.2 Å². The van der Waals surface area contributed by atoms with Crippen molar-refractivity contribution in [2.24, 2.45) is 0 Å². The van der Waals surface area contributed by atoms with Gasteiger partial charge in [0.1, 0.15) is 16.7 Å². The fraction of sp³-hybridized carbons (Fsp3) is 0.571. The molecular weight excluding hydrogens is 289 g/mol. The van der Waals surface area contributed by atoms with Crippen LogP contribution in [0.25, 0.3) is 0 Å². The molecular formula is C14H22BNO4S. The Morgan fingerprint density at radius 1 is 1.19 bits per heavy atom. The maximum Gasteiger partial charge on any atom is 0.494 e. The summed E-state index contributed by atoms with van der Waals surface area (Å²) in [6.45, 7) is 8.01. The Kier molecular flexibility index (Phi) is 4.49. The van der Waals surface area contributed by atoms with E-state index in [1.807, 2.05) is 33.8 Å². The van der Waals surface area contributed by atoms with E-state index in [0.717, 1.165) is 5.46 Å². The molecule has 1 aromatic rings. The first-order valence-corrected chi connectivity index (χ1v) is 7.99. The maximum atomic E-state index is 12.1. The lowest BCUT2D eigenvalue weighted by Crippen LogP contribution is -2.41. The number of ether oxygens (including phenoxy) is 1. The molecule has 0 amide bonds. The quantitative estimate of drug-likeness (QED) is 0.850. The van der Waals surface area contributed by atoms with E-state index in [1.165, 1.54) is 0 Å². The van der Waals surface area contributed by atoms with Crippen molar-refractivity contribution in [3.05, 3.63) is 18.2 Å². The van der Waals surface area contributed by atoms with Crippen molar-refractivity contribution < 1.29 is 18.3 Å². The molecule has 1 aliphatic rings. The second-order valence-electron chi connectivity index (χ2n) is 5.97. The van der Waals surface area contributed by atoms with Crippen LogP contribution >= 0.6 is 0 Å². The van der Waals surface area contributed by atoms with E-state index >= 15 is 0 Å². The molecule has 2 rings (SSSR count). The summed E-state index contributed by atoms with van der Waals surface area (Å²) >= 11 is 0. The monoisotopic (exact) mass is 311 g/mol. The van der Waals surface area contributed by atoms with Crippen LogP contribution in [-0.4, -0.2) is 36.7 Å². The van der Waals surface area contributed by atoms with Gasteiger partial charge < -0.3 is 14.0 Å². The van der Waals surface area contributed by atoms with Crippen molar-refractivity contribution in [3.63, 3.8) is 0 Å². The molecule has 0 aliphatic carbocycles. The highest BCUT2D eigenvalue weighted by Crippen LogP contribution is 2.36. The van der Waals surface area contributed by atoms with Gasteiger partial charge in [-0.1, -0.05) is 6.07 Å². The lowest BCUT2D eigenvalue weighted by Gasteiger charge is -2.32. The van der Waals surface area contributed by atoms with Gasteiger partial charge in [-0.3, -0.25) is 0 Å². The summed E-state index contributed by atoms with van der Waals surface area (Å²) < 4.78 is 32.0. The fourth-order valence-electron chi connectivity index (χ4n) is 2.07. The molecule has 1 heterocycles. The molecule has 7 heteroatoms. The van der Waals surface area contributed by atoms with Crippen LogP contribution in [0.2, 0.25) is 0 Å². The number of hydrogen-bond donors (Lipinski definition) is 1. The van der Waals surface area contributed by atoms with Crippen LogP contribution in [0, 0.1) is 0 Å². The normalized spacial score (nSPS) is 21.3. The van der Waals surface area contributed by atoms with E-state index < -0.39 is 29.3 Å². The Bertz CT molecular complexity index is 546. The van der Waals surface area contributed by atoms with Crippen molar-refractivity contribution in [3.8, 4) is 5.75 Å². The summed E-state index contributed by atoms with van der Waals surface area (Å²) in [5, 5.41) is 0. The predicted octanol–water partition coefficient (Wildman–Crippen LogP) is 1.24. The Morgan fingerprint density at radius 3 is 2.24 bits per heavy atom. The smallest absolute Gasteiger partial charge is 0.494 e. The summed E-state index contributed by atoms with van der Waals surface area (Å²) in [6, 6.07) is 5.45. The fourth-order valence-corrected chi connectivity index (χ4v) is 2.87. The highest BCUT2D eigenvalue weighted by molar-refractivity contribution is 7.83. The number of methoxy groups -OCH3 is 1. The molecule has 0 bridgehead atoms. The first-order chi connectivity index (χ1) is 9.71. The summed E-state index contributed by atoms with van der Waals surface area (Å²) in [4.78, 5) is 0.576. The maximum absolute atomic E-state index is 12.1. The van der Waals surface area contributed by atoms with Gasteiger partial charge in [0.15, 0.2) is 0 Å². The van der Waals surface area contributed by atoms with Gasteiger partial charge in [0, 0.05) is 0 Å². The van der Waals surface area contributed by atoms with Crippen LogP contribution in [0.4, 0.5) is 0 Å². The topological polar surface area (TPSA) is 56.8 Å². The lowest BCUT2D eigenvalue weighted by molar-refractivity contribution is 0.00578. The van der Waals surface area contributed by atoms with Gasteiger partial charge in [0.25, 0.3) is 0 Å². The Hall–Kier alpha value is -0.885. The van der Waals surface area contributed by atoms with Crippen LogP contribution < -0.4 is 14.9 Å². The van der Waals surface area contributed by atoms with Crippen LogP contribution in [0.3, 0.4) is 0 Å². The Balaban J connectivity index is 2.36. The predicted molar refractivity (Wildman–Crippen MR) is 84.2 cm³/mol. The third kappa shape index (κ3) is 3.01. The van der Waals surface area contributed by atoms with E-state index in [-0.39, 0.29) is 0 Å². The van der Waals surface area contributed by atoms with Crippen LogP contribution in [0.1, 0.15) is 27.7 Å².